The van der Waals surface area contributed by atoms with E-state index >= 15 is 0 Å². The highest BCUT2D eigenvalue weighted by Crippen LogP contribution is 2.34. The third-order valence-corrected chi connectivity index (χ3v) is 6.02. The first-order valence-electron chi connectivity index (χ1n) is 7.47. The highest BCUT2D eigenvalue weighted by Gasteiger charge is 2.38. The molecule has 24 heavy (non-hydrogen) atoms. The molecule has 0 radical (unpaired) electrons. The van der Waals surface area contributed by atoms with Gasteiger partial charge in [0.1, 0.15) is 17.0 Å². The SMILES string of the molecule is O=c1[nH]c(C2CCCN2S(=O)(=O)c2cnoc2)nc2ccccc12. The third-order valence-electron chi connectivity index (χ3n) is 4.17. The molecular weight excluding hydrogens is 332 g/mol. The molecule has 1 fully saturated rings. The Kier molecular flexibility index (Phi) is 3.47. The lowest BCUT2D eigenvalue weighted by atomic mass is 10.2. The number of hydrogen-bond donors (Lipinski definition) is 1. The molecule has 3 heterocycles. The second kappa shape index (κ2) is 5.53. The molecule has 0 saturated carbocycles. The van der Waals surface area contributed by atoms with Gasteiger partial charge in [0.15, 0.2) is 0 Å². The number of sulfonamides is 1. The lowest BCUT2D eigenvalue weighted by molar-refractivity contribution is 0.382. The molecule has 1 aliphatic heterocycles. The van der Waals surface area contributed by atoms with Crippen LogP contribution in [0.15, 0.2) is 50.9 Å². The summed E-state index contributed by atoms with van der Waals surface area (Å²) in [5.41, 5.74) is 0.273. The summed E-state index contributed by atoms with van der Waals surface area (Å²) < 4.78 is 31.5. The topological polar surface area (TPSA) is 109 Å². The molecule has 1 aromatic carbocycles. The van der Waals surface area contributed by atoms with Crippen molar-refractivity contribution >= 4 is 20.9 Å². The Hall–Kier alpha value is -2.52. The van der Waals surface area contributed by atoms with E-state index in [1.54, 1.807) is 24.3 Å². The predicted octanol–water partition coefficient (Wildman–Crippen LogP) is 1.44. The van der Waals surface area contributed by atoms with E-state index in [9.17, 15) is 13.2 Å². The highest BCUT2D eigenvalue weighted by atomic mass is 32.2. The Balaban J connectivity index is 1.80. The normalized spacial score (nSPS) is 19.1. The molecule has 0 aliphatic carbocycles. The van der Waals surface area contributed by atoms with Crippen molar-refractivity contribution in [1.29, 1.82) is 0 Å². The standard InChI is InChI=1S/C15H14N4O4S/c20-15-11-4-1-2-5-12(11)17-14(18-15)13-6-3-7-19(13)24(21,22)10-8-16-23-9-10/h1-2,4-5,8-9,13H,3,6-7H2,(H,17,18,20). The van der Waals surface area contributed by atoms with Crippen molar-refractivity contribution < 1.29 is 12.9 Å². The molecule has 1 atom stereocenters. The van der Waals surface area contributed by atoms with Crippen LogP contribution < -0.4 is 5.56 Å². The van der Waals surface area contributed by atoms with Crippen LogP contribution in [0.2, 0.25) is 0 Å². The number of para-hydroxylation sites is 1. The Morgan fingerprint density at radius 1 is 1.29 bits per heavy atom. The number of nitrogens with one attached hydrogen (secondary N) is 1. The van der Waals surface area contributed by atoms with Gasteiger partial charge in [-0.25, -0.2) is 13.4 Å². The number of H-pyrrole nitrogens is 1. The maximum Gasteiger partial charge on any atom is 0.258 e. The summed E-state index contributed by atoms with van der Waals surface area (Å²) in [5, 5.41) is 3.94. The third kappa shape index (κ3) is 2.33. The molecule has 3 aromatic rings. The number of nitrogens with zero attached hydrogens (tertiary/aromatic N) is 3. The highest BCUT2D eigenvalue weighted by molar-refractivity contribution is 7.89. The van der Waals surface area contributed by atoms with E-state index < -0.39 is 16.1 Å². The summed E-state index contributed by atoms with van der Waals surface area (Å²) in [7, 11) is -3.74. The largest absolute Gasteiger partial charge is 0.363 e. The molecule has 0 spiro atoms. The molecular formula is C15H14N4O4S. The van der Waals surface area contributed by atoms with Gasteiger partial charge in [0.05, 0.1) is 23.1 Å². The Morgan fingerprint density at radius 2 is 2.12 bits per heavy atom. The molecule has 4 rings (SSSR count). The van der Waals surface area contributed by atoms with Crippen molar-refractivity contribution in [3.05, 3.63) is 52.9 Å². The zero-order valence-electron chi connectivity index (χ0n) is 12.5. The summed E-state index contributed by atoms with van der Waals surface area (Å²) >= 11 is 0. The van der Waals surface area contributed by atoms with Crippen LogP contribution in [0.4, 0.5) is 0 Å². The Labute approximate surface area is 137 Å². The fraction of sp³-hybridized carbons (Fsp3) is 0.267. The van der Waals surface area contributed by atoms with Crippen molar-refractivity contribution in [2.24, 2.45) is 0 Å². The van der Waals surface area contributed by atoms with E-state index in [2.05, 4.69) is 19.6 Å². The minimum atomic E-state index is -3.74. The molecule has 0 bridgehead atoms. The van der Waals surface area contributed by atoms with Gasteiger partial charge in [0, 0.05) is 6.54 Å². The quantitative estimate of drug-likeness (QED) is 0.768. The zero-order chi connectivity index (χ0) is 16.7. The number of aromatic nitrogens is 3. The molecule has 2 aromatic heterocycles. The van der Waals surface area contributed by atoms with Gasteiger partial charge < -0.3 is 9.51 Å². The first kappa shape index (κ1) is 15.0. The van der Waals surface area contributed by atoms with E-state index in [0.29, 0.717) is 36.1 Å². The van der Waals surface area contributed by atoms with Crippen LogP contribution in [-0.2, 0) is 10.0 Å². The number of benzene rings is 1. The van der Waals surface area contributed by atoms with Gasteiger partial charge in [-0.05, 0) is 25.0 Å². The maximum absolute atomic E-state index is 12.7. The van der Waals surface area contributed by atoms with Gasteiger partial charge in [0.2, 0.25) is 10.0 Å². The van der Waals surface area contributed by atoms with Crippen molar-refractivity contribution in [2.75, 3.05) is 6.54 Å². The Morgan fingerprint density at radius 3 is 2.92 bits per heavy atom. The van der Waals surface area contributed by atoms with Crippen LogP contribution in [0.5, 0.6) is 0 Å². The minimum absolute atomic E-state index is 0.00228. The summed E-state index contributed by atoms with van der Waals surface area (Å²) in [6.45, 7) is 0.356. The second-order valence-corrected chi connectivity index (χ2v) is 7.49. The molecule has 0 amide bonds. The zero-order valence-corrected chi connectivity index (χ0v) is 13.4. The van der Waals surface area contributed by atoms with Gasteiger partial charge in [-0.3, -0.25) is 4.79 Å². The van der Waals surface area contributed by atoms with E-state index in [1.165, 1.54) is 10.5 Å². The summed E-state index contributed by atoms with van der Waals surface area (Å²) in [4.78, 5) is 19.4. The second-order valence-electron chi connectivity index (χ2n) is 5.60. The van der Waals surface area contributed by atoms with E-state index in [4.69, 9.17) is 0 Å². The number of hydrogen-bond acceptors (Lipinski definition) is 6. The summed E-state index contributed by atoms with van der Waals surface area (Å²) in [6, 6.07) is 6.46. The number of rotatable bonds is 3. The van der Waals surface area contributed by atoms with Crippen molar-refractivity contribution in [3.8, 4) is 0 Å². The van der Waals surface area contributed by atoms with Gasteiger partial charge in [-0.15, -0.1) is 0 Å². The molecule has 1 N–H and O–H groups in total. The van der Waals surface area contributed by atoms with Gasteiger partial charge in [-0.1, -0.05) is 17.3 Å². The lowest BCUT2D eigenvalue weighted by Crippen LogP contribution is -2.32. The molecule has 1 unspecified atom stereocenters. The Bertz CT molecular complexity index is 1040. The molecule has 1 aliphatic rings. The minimum Gasteiger partial charge on any atom is -0.363 e. The van der Waals surface area contributed by atoms with Gasteiger partial charge in [-0.2, -0.15) is 4.31 Å². The first-order chi connectivity index (χ1) is 11.6. The van der Waals surface area contributed by atoms with E-state index in [1.807, 2.05) is 0 Å². The predicted molar refractivity (Wildman–Crippen MR) is 84.7 cm³/mol. The van der Waals surface area contributed by atoms with Crippen molar-refractivity contribution in [3.63, 3.8) is 0 Å². The van der Waals surface area contributed by atoms with Crippen LogP contribution in [0.1, 0.15) is 24.7 Å². The summed E-state index contributed by atoms with van der Waals surface area (Å²) in [5.74, 6) is 0.358. The lowest BCUT2D eigenvalue weighted by Gasteiger charge is -2.22. The monoisotopic (exact) mass is 346 g/mol. The van der Waals surface area contributed by atoms with E-state index in [0.717, 1.165) is 6.26 Å². The van der Waals surface area contributed by atoms with Crippen LogP contribution >= 0.6 is 0 Å². The molecule has 9 heteroatoms. The fourth-order valence-electron chi connectivity index (χ4n) is 3.02. The molecule has 8 nitrogen and oxygen atoms in total. The van der Waals surface area contributed by atoms with Crippen LogP contribution in [0.25, 0.3) is 10.9 Å². The van der Waals surface area contributed by atoms with Crippen molar-refractivity contribution in [2.45, 2.75) is 23.8 Å². The first-order valence-corrected chi connectivity index (χ1v) is 8.91. The number of aromatic amines is 1. The maximum atomic E-state index is 12.7. The van der Waals surface area contributed by atoms with Crippen LogP contribution in [-0.4, -0.2) is 34.4 Å². The molecule has 1 saturated heterocycles. The smallest absolute Gasteiger partial charge is 0.258 e. The van der Waals surface area contributed by atoms with Crippen LogP contribution in [0.3, 0.4) is 0 Å². The fourth-order valence-corrected chi connectivity index (χ4v) is 4.54. The van der Waals surface area contributed by atoms with Crippen molar-refractivity contribution in [1.82, 2.24) is 19.4 Å². The average Bonchev–Trinajstić information content (AvgIpc) is 3.27. The number of fused-ring (bicyclic) bond motifs is 1. The van der Waals surface area contributed by atoms with Crippen LogP contribution in [0, 0.1) is 0 Å². The molecule has 124 valence electrons. The average molecular weight is 346 g/mol. The van der Waals surface area contributed by atoms with E-state index in [-0.39, 0.29) is 10.5 Å². The summed E-state index contributed by atoms with van der Waals surface area (Å²) in [6.07, 6.45) is 3.54. The van der Waals surface area contributed by atoms with Gasteiger partial charge >= 0.3 is 0 Å². The van der Waals surface area contributed by atoms with Gasteiger partial charge in [0.25, 0.3) is 5.56 Å².